The molecular weight excluding hydrogens is 326 g/mol. The van der Waals surface area contributed by atoms with Gasteiger partial charge in [0, 0.05) is 17.0 Å². The highest BCUT2D eigenvalue weighted by Crippen LogP contribution is 2.35. The van der Waals surface area contributed by atoms with Crippen molar-refractivity contribution in [3.8, 4) is 11.1 Å². The number of rotatable bonds is 3. The maximum absolute atomic E-state index is 13.2. The molecule has 4 rings (SSSR count). The first kappa shape index (κ1) is 16.6. The van der Waals surface area contributed by atoms with Crippen LogP contribution in [0.4, 0.5) is 0 Å². The van der Waals surface area contributed by atoms with Gasteiger partial charge in [0.25, 0.3) is 5.56 Å². The first-order valence-corrected chi connectivity index (χ1v) is 9.14. The minimum Gasteiger partial charge on any atom is -0.477 e. The Morgan fingerprint density at radius 1 is 0.885 bits per heavy atom. The van der Waals surface area contributed by atoms with Crippen LogP contribution in [0.1, 0.15) is 48.6 Å². The quantitative estimate of drug-likeness (QED) is 0.735. The van der Waals surface area contributed by atoms with Gasteiger partial charge in [0.15, 0.2) is 0 Å². The summed E-state index contributed by atoms with van der Waals surface area (Å²) in [6.45, 7) is 0. The van der Waals surface area contributed by atoms with E-state index in [0.29, 0.717) is 16.3 Å². The fourth-order valence-electron chi connectivity index (χ4n) is 4.16. The van der Waals surface area contributed by atoms with E-state index in [4.69, 9.17) is 0 Å². The number of aromatic carboxylic acids is 1. The van der Waals surface area contributed by atoms with E-state index in [9.17, 15) is 14.7 Å². The number of fused-ring (bicyclic) bond motifs is 1. The topological polar surface area (TPSA) is 59.3 Å². The van der Waals surface area contributed by atoms with Crippen LogP contribution >= 0.6 is 0 Å². The molecule has 0 aliphatic heterocycles. The van der Waals surface area contributed by atoms with Crippen LogP contribution < -0.4 is 5.56 Å². The van der Waals surface area contributed by atoms with Crippen molar-refractivity contribution in [1.29, 1.82) is 0 Å². The molecule has 1 aromatic heterocycles. The highest BCUT2D eigenvalue weighted by Gasteiger charge is 2.27. The van der Waals surface area contributed by atoms with E-state index in [1.54, 1.807) is 10.6 Å². The number of benzene rings is 2. The van der Waals surface area contributed by atoms with E-state index < -0.39 is 5.97 Å². The molecule has 0 atom stereocenters. The third kappa shape index (κ3) is 2.71. The number of carboxylic acid groups (broad SMARTS) is 1. The molecule has 0 spiro atoms. The third-order valence-corrected chi connectivity index (χ3v) is 5.33. The second kappa shape index (κ2) is 6.79. The Bertz CT molecular complexity index is 1010. The van der Waals surface area contributed by atoms with Crippen molar-refractivity contribution >= 4 is 16.7 Å². The molecule has 4 nitrogen and oxygen atoms in total. The number of aromatic nitrogens is 1. The SMILES string of the molecule is O=C(O)c1c(-c2ccccc2)c2ccccc2c(=O)n1C1CCCCC1. The lowest BCUT2D eigenvalue weighted by Gasteiger charge is -2.27. The Morgan fingerprint density at radius 3 is 2.15 bits per heavy atom. The van der Waals surface area contributed by atoms with Crippen molar-refractivity contribution in [2.24, 2.45) is 0 Å². The molecule has 0 bridgehead atoms. The summed E-state index contributed by atoms with van der Waals surface area (Å²) in [5.41, 5.74) is 1.39. The van der Waals surface area contributed by atoms with Gasteiger partial charge >= 0.3 is 5.97 Å². The molecule has 1 N–H and O–H groups in total. The maximum Gasteiger partial charge on any atom is 0.353 e. The zero-order chi connectivity index (χ0) is 18.1. The molecule has 4 heteroatoms. The predicted octanol–water partition coefficient (Wildman–Crippen LogP) is 4.87. The summed E-state index contributed by atoms with van der Waals surface area (Å²) >= 11 is 0. The Kier molecular flexibility index (Phi) is 4.33. The van der Waals surface area contributed by atoms with Gasteiger partial charge in [-0.15, -0.1) is 0 Å². The summed E-state index contributed by atoms with van der Waals surface area (Å²) in [5.74, 6) is -1.04. The zero-order valence-electron chi connectivity index (χ0n) is 14.5. The van der Waals surface area contributed by atoms with Crippen LogP contribution in [0, 0.1) is 0 Å². The summed E-state index contributed by atoms with van der Waals surface area (Å²) in [5, 5.41) is 11.3. The second-order valence-electron chi connectivity index (χ2n) is 6.91. The average molecular weight is 347 g/mol. The van der Waals surface area contributed by atoms with E-state index in [1.807, 2.05) is 48.5 Å². The molecule has 1 heterocycles. The van der Waals surface area contributed by atoms with Crippen LogP contribution in [0.3, 0.4) is 0 Å². The van der Waals surface area contributed by atoms with Crippen molar-refractivity contribution < 1.29 is 9.90 Å². The van der Waals surface area contributed by atoms with E-state index in [-0.39, 0.29) is 17.3 Å². The van der Waals surface area contributed by atoms with E-state index in [2.05, 4.69) is 0 Å². The van der Waals surface area contributed by atoms with Gasteiger partial charge in [0.05, 0.1) is 0 Å². The molecule has 1 aliphatic carbocycles. The first-order chi connectivity index (χ1) is 12.7. The van der Waals surface area contributed by atoms with Crippen molar-refractivity contribution in [2.45, 2.75) is 38.1 Å². The summed E-state index contributed by atoms with van der Waals surface area (Å²) in [7, 11) is 0. The minimum atomic E-state index is -1.04. The molecule has 1 saturated carbocycles. The van der Waals surface area contributed by atoms with Crippen LogP contribution in [-0.4, -0.2) is 15.6 Å². The van der Waals surface area contributed by atoms with Gasteiger partial charge < -0.3 is 5.11 Å². The van der Waals surface area contributed by atoms with Crippen LogP contribution in [0.5, 0.6) is 0 Å². The molecule has 26 heavy (non-hydrogen) atoms. The van der Waals surface area contributed by atoms with Crippen molar-refractivity contribution in [3.63, 3.8) is 0 Å². The lowest BCUT2D eigenvalue weighted by atomic mass is 9.92. The van der Waals surface area contributed by atoms with Gasteiger partial charge in [-0.1, -0.05) is 67.8 Å². The van der Waals surface area contributed by atoms with Crippen LogP contribution in [-0.2, 0) is 0 Å². The predicted molar refractivity (Wildman–Crippen MR) is 103 cm³/mol. The van der Waals surface area contributed by atoms with E-state index in [0.717, 1.165) is 37.7 Å². The number of nitrogens with zero attached hydrogens (tertiary/aromatic N) is 1. The van der Waals surface area contributed by atoms with E-state index >= 15 is 0 Å². The molecule has 2 aromatic carbocycles. The molecule has 3 aromatic rings. The highest BCUT2D eigenvalue weighted by atomic mass is 16.4. The smallest absolute Gasteiger partial charge is 0.353 e. The number of hydrogen-bond donors (Lipinski definition) is 1. The number of pyridine rings is 1. The molecule has 0 amide bonds. The fraction of sp³-hybridized carbons (Fsp3) is 0.273. The lowest BCUT2D eigenvalue weighted by molar-refractivity contribution is 0.0680. The summed E-state index contributed by atoms with van der Waals surface area (Å²) in [6, 6.07) is 16.8. The largest absolute Gasteiger partial charge is 0.477 e. The maximum atomic E-state index is 13.2. The average Bonchev–Trinajstić information content (AvgIpc) is 2.69. The number of carbonyl (C=O) groups is 1. The molecule has 1 aliphatic rings. The van der Waals surface area contributed by atoms with Crippen molar-refractivity contribution in [1.82, 2.24) is 4.57 Å². The molecule has 132 valence electrons. The highest BCUT2D eigenvalue weighted by molar-refractivity contribution is 6.06. The fourth-order valence-corrected chi connectivity index (χ4v) is 4.16. The Morgan fingerprint density at radius 2 is 1.50 bits per heavy atom. The number of hydrogen-bond acceptors (Lipinski definition) is 2. The summed E-state index contributed by atoms with van der Waals surface area (Å²) < 4.78 is 1.56. The standard InChI is InChI=1S/C22H21NO3/c24-21-18-14-8-7-13-17(18)19(15-9-3-1-4-10-15)20(22(25)26)23(21)16-11-5-2-6-12-16/h1,3-4,7-10,13-14,16H,2,5-6,11-12H2,(H,25,26). The Balaban J connectivity index is 2.14. The zero-order valence-corrected chi connectivity index (χ0v) is 14.5. The monoisotopic (exact) mass is 347 g/mol. The van der Waals surface area contributed by atoms with Gasteiger partial charge in [0.1, 0.15) is 5.69 Å². The van der Waals surface area contributed by atoms with Crippen molar-refractivity contribution in [2.75, 3.05) is 0 Å². The first-order valence-electron chi connectivity index (χ1n) is 9.14. The van der Waals surface area contributed by atoms with E-state index in [1.165, 1.54) is 0 Å². The van der Waals surface area contributed by atoms with Crippen molar-refractivity contribution in [3.05, 3.63) is 70.6 Å². The van der Waals surface area contributed by atoms with Gasteiger partial charge in [-0.3, -0.25) is 9.36 Å². The number of carboxylic acids is 1. The molecule has 0 radical (unpaired) electrons. The molecule has 0 saturated heterocycles. The molecular formula is C22H21NO3. The van der Waals surface area contributed by atoms with Gasteiger partial charge in [-0.25, -0.2) is 4.79 Å². The lowest BCUT2D eigenvalue weighted by Crippen LogP contribution is -2.32. The molecule has 1 fully saturated rings. The Labute approximate surface area is 151 Å². The minimum absolute atomic E-state index is 0.0468. The van der Waals surface area contributed by atoms with Gasteiger partial charge in [-0.05, 0) is 29.9 Å². The third-order valence-electron chi connectivity index (χ3n) is 5.33. The van der Waals surface area contributed by atoms with Gasteiger partial charge in [-0.2, -0.15) is 0 Å². The molecule has 0 unspecified atom stereocenters. The van der Waals surface area contributed by atoms with Crippen LogP contribution in [0.15, 0.2) is 59.4 Å². The van der Waals surface area contributed by atoms with Crippen LogP contribution in [0.25, 0.3) is 21.9 Å². The second-order valence-corrected chi connectivity index (χ2v) is 6.91. The van der Waals surface area contributed by atoms with Crippen LogP contribution in [0.2, 0.25) is 0 Å². The van der Waals surface area contributed by atoms with Gasteiger partial charge in [0.2, 0.25) is 0 Å². The summed E-state index contributed by atoms with van der Waals surface area (Å²) in [4.78, 5) is 25.5. The summed E-state index contributed by atoms with van der Waals surface area (Å²) in [6.07, 6.45) is 4.92. The Hall–Kier alpha value is -2.88. The normalized spacial score (nSPS) is 15.2.